The lowest BCUT2D eigenvalue weighted by molar-refractivity contribution is -0.274. The minimum absolute atomic E-state index is 0.0134. The van der Waals surface area contributed by atoms with Gasteiger partial charge in [0.2, 0.25) is 5.95 Å². The average Bonchev–Trinajstić information content (AvgIpc) is 3.37. The summed E-state index contributed by atoms with van der Waals surface area (Å²) in [6, 6.07) is 18.1. The standard InChI is InChI=1S/C31H31F3N4O4/c1-2-3-4-5-8-24(39)18-13-21-11-14-22(15-12-21)29(41)36-30-35-28(26-9-6-7-10-27(26)40)37-38(30)23-16-19-25(20-17-23)42-31(32,33)34/h6-7,9-12,14-17,19-20,40H,2-5,8,13,18H2,1H3,(H,35,36,37,41). The average molecular weight is 581 g/mol. The highest BCUT2D eigenvalue weighted by Gasteiger charge is 2.31. The van der Waals surface area contributed by atoms with Gasteiger partial charge in [-0.1, -0.05) is 50.5 Å². The Hall–Kier alpha value is -4.67. The van der Waals surface area contributed by atoms with Crippen molar-refractivity contribution < 1.29 is 32.6 Å². The van der Waals surface area contributed by atoms with E-state index in [4.69, 9.17) is 0 Å². The van der Waals surface area contributed by atoms with E-state index in [2.05, 4.69) is 27.1 Å². The smallest absolute Gasteiger partial charge is 0.507 e. The molecule has 0 aliphatic carbocycles. The number of aryl methyl sites for hydroxylation is 1. The molecule has 0 aliphatic rings. The number of unbranched alkanes of at least 4 members (excludes halogenated alkanes) is 3. The van der Waals surface area contributed by atoms with Crippen LogP contribution in [0.1, 0.15) is 61.4 Å². The van der Waals surface area contributed by atoms with Gasteiger partial charge in [-0.15, -0.1) is 18.3 Å². The van der Waals surface area contributed by atoms with E-state index in [1.807, 2.05) is 0 Å². The zero-order valence-electron chi connectivity index (χ0n) is 23.0. The Morgan fingerprint density at radius 3 is 2.31 bits per heavy atom. The fourth-order valence-corrected chi connectivity index (χ4v) is 4.29. The number of para-hydroxylation sites is 1. The second kappa shape index (κ2) is 13.8. The minimum atomic E-state index is -4.84. The summed E-state index contributed by atoms with van der Waals surface area (Å²) >= 11 is 0. The number of aromatic hydroxyl groups is 1. The number of nitrogens with one attached hydrogen (secondary N) is 1. The van der Waals surface area contributed by atoms with Crippen LogP contribution in [0.25, 0.3) is 17.1 Å². The van der Waals surface area contributed by atoms with Gasteiger partial charge in [-0.25, -0.2) is 0 Å². The van der Waals surface area contributed by atoms with Crippen molar-refractivity contribution in [1.29, 1.82) is 0 Å². The van der Waals surface area contributed by atoms with E-state index >= 15 is 0 Å². The molecule has 0 fully saturated rings. The van der Waals surface area contributed by atoms with Gasteiger partial charge in [-0.3, -0.25) is 14.9 Å². The van der Waals surface area contributed by atoms with Crippen LogP contribution in [-0.2, 0) is 11.2 Å². The summed E-state index contributed by atoms with van der Waals surface area (Å²) in [6.07, 6.45) is 1.00. The Balaban J connectivity index is 1.50. The summed E-state index contributed by atoms with van der Waals surface area (Å²) in [7, 11) is 0. The van der Waals surface area contributed by atoms with E-state index in [9.17, 15) is 27.9 Å². The summed E-state index contributed by atoms with van der Waals surface area (Å²) in [5.41, 5.74) is 1.86. The number of carbonyl (C=O) groups excluding carboxylic acids is 2. The lowest BCUT2D eigenvalue weighted by Crippen LogP contribution is -2.17. The van der Waals surface area contributed by atoms with Crippen LogP contribution in [0.15, 0.2) is 72.8 Å². The van der Waals surface area contributed by atoms with Gasteiger partial charge in [-0.2, -0.15) is 9.67 Å². The van der Waals surface area contributed by atoms with Crippen LogP contribution in [0.3, 0.4) is 0 Å². The Bertz CT molecular complexity index is 1500. The number of amides is 1. The Morgan fingerprint density at radius 2 is 1.64 bits per heavy atom. The Kier molecular flexibility index (Phi) is 9.95. The third kappa shape index (κ3) is 8.42. The molecule has 0 spiro atoms. The van der Waals surface area contributed by atoms with Gasteiger partial charge >= 0.3 is 6.36 Å². The quantitative estimate of drug-likeness (QED) is 0.161. The number of carbonyl (C=O) groups is 2. The number of ether oxygens (including phenoxy) is 1. The second-order valence-electron chi connectivity index (χ2n) is 9.73. The van der Waals surface area contributed by atoms with E-state index in [0.717, 1.165) is 43.4 Å². The summed E-state index contributed by atoms with van der Waals surface area (Å²) < 4.78 is 43.0. The van der Waals surface area contributed by atoms with E-state index in [-0.39, 0.29) is 23.3 Å². The van der Waals surface area contributed by atoms with Crippen molar-refractivity contribution in [2.45, 2.75) is 58.2 Å². The third-order valence-electron chi connectivity index (χ3n) is 6.51. The molecule has 2 N–H and O–H groups in total. The summed E-state index contributed by atoms with van der Waals surface area (Å²) in [5.74, 6) is -0.699. The van der Waals surface area contributed by atoms with E-state index in [1.165, 1.54) is 22.9 Å². The molecule has 220 valence electrons. The van der Waals surface area contributed by atoms with Gasteiger partial charge < -0.3 is 9.84 Å². The van der Waals surface area contributed by atoms with Crippen molar-refractivity contribution in [1.82, 2.24) is 14.8 Å². The lowest BCUT2D eigenvalue weighted by atomic mass is 10.0. The number of phenols is 1. The molecule has 0 atom stereocenters. The summed E-state index contributed by atoms with van der Waals surface area (Å²) in [5, 5.41) is 17.4. The monoisotopic (exact) mass is 580 g/mol. The Labute approximate surface area is 241 Å². The molecular formula is C31H31F3N4O4. The highest BCUT2D eigenvalue weighted by Crippen LogP contribution is 2.29. The summed E-state index contributed by atoms with van der Waals surface area (Å²) in [4.78, 5) is 29.7. The van der Waals surface area contributed by atoms with Gasteiger partial charge in [0.1, 0.15) is 17.3 Å². The molecule has 4 rings (SSSR count). The third-order valence-corrected chi connectivity index (χ3v) is 6.51. The molecule has 0 radical (unpaired) electrons. The van der Waals surface area contributed by atoms with Crippen molar-refractivity contribution in [3.05, 3.63) is 83.9 Å². The number of benzene rings is 3. The molecule has 1 heterocycles. The second-order valence-corrected chi connectivity index (χ2v) is 9.73. The molecule has 0 aliphatic heterocycles. The molecule has 42 heavy (non-hydrogen) atoms. The van der Waals surface area contributed by atoms with Crippen LogP contribution in [0.5, 0.6) is 11.5 Å². The number of nitrogens with zero attached hydrogens (tertiary/aromatic N) is 3. The van der Waals surface area contributed by atoms with Crippen LogP contribution >= 0.6 is 0 Å². The number of halogens is 3. The minimum Gasteiger partial charge on any atom is -0.507 e. The molecular weight excluding hydrogens is 549 g/mol. The predicted octanol–water partition coefficient (Wildman–Crippen LogP) is 7.26. The topological polar surface area (TPSA) is 106 Å². The van der Waals surface area contributed by atoms with Gasteiger partial charge in [0.25, 0.3) is 5.91 Å². The van der Waals surface area contributed by atoms with Crippen molar-refractivity contribution in [2.24, 2.45) is 0 Å². The van der Waals surface area contributed by atoms with Gasteiger partial charge in [-0.05, 0) is 66.9 Å². The van der Waals surface area contributed by atoms with Gasteiger partial charge in [0, 0.05) is 18.4 Å². The van der Waals surface area contributed by atoms with E-state index < -0.39 is 18.0 Å². The molecule has 0 bridgehead atoms. The van der Waals surface area contributed by atoms with Crippen LogP contribution in [-0.4, -0.2) is 37.9 Å². The maximum atomic E-state index is 13.1. The van der Waals surface area contributed by atoms with Crippen LogP contribution < -0.4 is 10.1 Å². The number of anilines is 1. The number of aromatic nitrogens is 3. The normalized spacial score (nSPS) is 11.3. The highest BCUT2D eigenvalue weighted by molar-refractivity contribution is 6.03. The first-order valence-electron chi connectivity index (χ1n) is 13.7. The van der Waals surface area contributed by atoms with Crippen LogP contribution in [0.2, 0.25) is 0 Å². The number of ketones is 1. The van der Waals surface area contributed by atoms with Gasteiger partial charge in [0.15, 0.2) is 5.82 Å². The number of Topliss-reactive ketones (excluding diaryl/α,β-unsaturated/α-hetero) is 1. The molecule has 0 saturated carbocycles. The molecule has 1 aromatic heterocycles. The van der Waals surface area contributed by atoms with E-state index in [0.29, 0.717) is 36.1 Å². The molecule has 0 unspecified atom stereocenters. The SMILES string of the molecule is CCCCCCC(=O)CCc1ccc(C(=O)Nc2nc(-c3ccccc3O)nn2-c2ccc(OC(F)(F)F)cc2)cc1. The predicted molar refractivity (Wildman–Crippen MR) is 152 cm³/mol. The highest BCUT2D eigenvalue weighted by atomic mass is 19.4. The first kappa shape index (κ1) is 30.3. The zero-order chi connectivity index (χ0) is 30.1. The molecule has 8 nitrogen and oxygen atoms in total. The number of alkyl halides is 3. The van der Waals surface area contributed by atoms with Crippen molar-refractivity contribution in [2.75, 3.05) is 5.32 Å². The first-order chi connectivity index (χ1) is 20.1. The number of hydrogen-bond donors (Lipinski definition) is 2. The number of phenolic OH excluding ortho intramolecular Hbond substituents is 1. The zero-order valence-corrected chi connectivity index (χ0v) is 23.0. The first-order valence-corrected chi connectivity index (χ1v) is 13.7. The van der Waals surface area contributed by atoms with Gasteiger partial charge in [0.05, 0.1) is 11.3 Å². The summed E-state index contributed by atoms with van der Waals surface area (Å²) in [6.45, 7) is 2.13. The van der Waals surface area contributed by atoms with Crippen molar-refractivity contribution in [3.63, 3.8) is 0 Å². The number of rotatable bonds is 13. The van der Waals surface area contributed by atoms with Crippen molar-refractivity contribution in [3.8, 4) is 28.6 Å². The molecule has 3 aromatic carbocycles. The Morgan fingerprint density at radius 1 is 0.929 bits per heavy atom. The molecule has 11 heteroatoms. The van der Waals surface area contributed by atoms with Crippen LogP contribution in [0, 0.1) is 0 Å². The molecule has 4 aromatic rings. The molecule has 1 amide bonds. The molecule has 0 saturated heterocycles. The van der Waals surface area contributed by atoms with Crippen molar-refractivity contribution >= 4 is 17.6 Å². The fraction of sp³-hybridized carbons (Fsp3) is 0.290. The maximum Gasteiger partial charge on any atom is 0.573 e. The largest absolute Gasteiger partial charge is 0.573 e. The van der Waals surface area contributed by atoms with E-state index in [1.54, 1.807) is 42.5 Å². The lowest BCUT2D eigenvalue weighted by Gasteiger charge is -2.10. The maximum absolute atomic E-state index is 13.1. The fourth-order valence-electron chi connectivity index (χ4n) is 4.29. The number of hydrogen-bond acceptors (Lipinski definition) is 6. The van der Waals surface area contributed by atoms with Crippen LogP contribution in [0.4, 0.5) is 19.1 Å².